The van der Waals surface area contributed by atoms with Crippen molar-refractivity contribution in [1.29, 1.82) is 5.26 Å². The van der Waals surface area contributed by atoms with Gasteiger partial charge in [-0.3, -0.25) is 0 Å². The Morgan fingerprint density at radius 3 is 3.18 bits per heavy atom. The summed E-state index contributed by atoms with van der Waals surface area (Å²) in [6, 6.07) is 3.59. The SMILES string of the molecule is CCNc1ccnc(C#N)n1. The Hall–Kier alpha value is -1.63. The number of hydrogen-bond acceptors (Lipinski definition) is 4. The van der Waals surface area contributed by atoms with Crippen LogP contribution in [0.1, 0.15) is 12.7 Å². The molecule has 0 atom stereocenters. The summed E-state index contributed by atoms with van der Waals surface area (Å²) in [5.41, 5.74) is 0. The first-order valence-corrected chi connectivity index (χ1v) is 3.34. The fraction of sp³-hybridized carbons (Fsp3) is 0.286. The van der Waals surface area contributed by atoms with Crippen LogP contribution in [0.4, 0.5) is 5.82 Å². The molecule has 0 amide bonds. The van der Waals surface area contributed by atoms with Crippen molar-refractivity contribution in [3.8, 4) is 6.07 Å². The molecule has 0 aromatic carbocycles. The van der Waals surface area contributed by atoms with Gasteiger partial charge >= 0.3 is 0 Å². The molecule has 0 fully saturated rings. The summed E-state index contributed by atoms with van der Waals surface area (Å²) in [4.78, 5) is 7.63. The first-order chi connectivity index (χ1) is 5.36. The molecule has 4 nitrogen and oxygen atoms in total. The second-order valence-corrected chi connectivity index (χ2v) is 1.91. The summed E-state index contributed by atoms with van der Waals surface area (Å²) < 4.78 is 0. The predicted octanol–water partition coefficient (Wildman–Crippen LogP) is 0.780. The van der Waals surface area contributed by atoms with Crippen molar-refractivity contribution >= 4 is 5.82 Å². The lowest BCUT2D eigenvalue weighted by Gasteiger charge is -1.99. The van der Waals surface area contributed by atoms with Crippen molar-refractivity contribution in [3.63, 3.8) is 0 Å². The zero-order valence-corrected chi connectivity index (χ0v) is 6.20. The lowest BCUT2D eigenvalue weighted by Crippen LogP contribution is -2.00. The van der Waals surface area contributed by atoms with Gasteiger partial charge < -0.3 is 5.32 Å². The van der Waals surface area contributed by atoms with Gasteiger partial charge in [0.15, 0.2) is 0 Å². The molecule has 0 saturated heterocycles. The maximum atomic E-state index is 8.43. The Morgan fingerprint density at radius 1 is 1.73 bits per heavy atom. The van der Waals surface area contributed by atoms with E-state index in [-0.39, 0.29) is 5.82 Å². The molecule has 56 valence electrons. The second kappa shape index (κ2) is 3.52. The highest BCUT2D eigenvalue weighted by Gasteiger charge is 1.94. The largest absolute Gasteiger partial charge is 0.370 e. The van der Waals surface area contributed by atoms with Gasteiger partial charge in [-0.1, -0.05) is 0 Å². The zero-order chi connectivity index (χ0) is 8.10. The Kier molecular flexibility index (Phi) is 2.39. The van der Waals surface area contributed by atoms with Gasteiger partial charge in [0.1, 0.15) is 11.9 Å². The molecular formula is C7H8N4. The van der Waals surface area contributed by atoms with Crippen molar-refractivity contribution in [2.45, 2.75) is 6.92 Å². The molecule has 1 aromatic rings. The van der Waals surface area contributed by atoms with E-state index in [1.807, 2.05) is 13.0 Å². The molecule has 1 rings (SSSR count). The third kappa shape index (κ3) is 1.90. The van der Waals surface area contributed by atoms with Crippen LogP contribution in [-0.2, 0) is 0 Å². The van der Waals surface area contributed by atoms with Crippen LogP contribution < -0.4 is 5.32 Å². The minimum atomic E-state index is 0.198. The highest BCUT2D eigenvalue weighted by molar-refractivity contribution is 5.34. The summed E-state index contributed by atoms with van der Waals surface area (Å²) >= 11 is 0. The molecule has 0 aliphatic carbocycles. The van der Waals surface area contributed by atoms with Gasteiger partial charge in [-0.05, 0) is 13.0 Å². The Labute approximate surface area is 64.9 Å². The third-order valence-electron chi connectivity index (χ3n) is 1.11. The van der Waals surface area contributed by atoms with Crippen LogP contribution in [0.15, 0.2) is 12.3 Å². The number of nitriles is 1. The zero-order valence-electron chi connectivity index (χ0n) is 6.20. The number of hydrogen-bond donors (Lipinski definition) is 1. The number of nitrogens with one attached hydrogen (secondary N) is 1. The van der Waals surface area contributed by atoms with Crippen LogP contribution >= 0.6 is 0 Å². The van der Waals surface area contributed by atoms with E-state index in [9.17, 15) is 0 Å². The fourth-order valence-corrected chi connectivity index (χ4v) is 0.692. The highest BCUT2D eigenvalue weighted by atomic mass is 15.0. The van der Waals surface area contributed by atoms with Gasteiger partial charge in [0.2, 0.25) is 5.82 Å². The summed E-state index contributed by atoms with van der Waals surface area (Å²) in [6.07, 6.45) is 1.56. The number of nitrogens with zero attached hydrogens (tertiary/aromatic N) is 3. The standard InChI is InChI=1S/C7H8N4/c1-2-9-6-3-4-10-7(5-8)11-6/h3-4H,2H2,1H3,(H,9,10,11). The van der Waals surface area contributed by atoms with Gasteiger partial charge in [0.25, 0.3) is 0 Å². The summed E-state index contributed by atoms with van der Waals surface area (Å²) in [6.45, 7) is 2.76. The quantitative estimate of drug-likeness (QED) is 0.673. The third-order valence-corrected chi connectivity index (χ3v) is 1.11. The van der Waals surface area contributed by atoms with E-state index < -0.39 is 0 Å². The molecule has 0 bridgehead atoms. The molecule has 1 N–H and O–H groups in total. The topological polar surface area (TPSA) is 61.6 Å². The summed E-state index contributed by atoms with van der Waals surface area (Å²) in [5.74, 6) is 0.891. The Morgan fingerprint density at radius 2 is 2.55 bits per heavy atom. The van der Waals surface area contributed by atoms with Crippen LogP contribution in [0.2, 0.25) is 0 Å². The molecule has 4 heteroatoms. The minimum absolute atomic E-state index is 0.198. The highest BCUT2D eigenvalue weighted by Crippen LogP contribution is 1.99. The molecule has 0 radical (unpaired) electrons. The molecule has 11 heavy (non-hydrogen) atoms. The lowest BCUT2D eigenvalue weighted by atomic mass is 10.5. The van der Waals surface area contributed by atoms with Crippen LogP contribution in [0.3, 0.4) is 0 Å². The van der Waals surface area contributed by atoms with E-state index in [2.05, 4.69) is 15.3 Å². The van der Waals surface area contributed by atoms with E-state index in [1.165, 1.54) is 0 Å². The fourth-order valence-electron chi connectivity index (χ4n) is 0.692. The smallest absolute Gasteiger partial charge is 0.234 e. The first-order valence-electron chi connectivity index (χ1n) is 3.34. The van der Waals surface area contributed by atoms with Crippen LogP contribution in [0.25, 0.3) is 0 Å². The van der Waals surface area contributed by atoms with Gasteiger partial charge in [0.05, 0.1) is 0 Å². The lowest BCUT2D eigenvalue weighted by molar-refractivity contribution is 1.08. The van der Waals surface area contributed by atoms with Crippen LogP contribution in [0.5, 0.6) is 0 Å². The molecular weight excluding hydrogens is 140 g/mol. The molecule has 0 unspecified atom stereocenters. The second-order valence-electron chi connectivity index (χ2n) is 1.91. The maximum Gasteiger partial charge on any atom is 0.234 e. The Balaban J connectivity index is 2.85. The van der Waals surface area contributed by atoms with E-state index in [4.69, 9.17) is 5.26 Å². The molecule has 0 spiro atoms. The average molecular weight is 148 g/mol. The summed E-state index contributed by atoms with van der Waals surface area (Å²) in [7, 11) is 0. The van der Waals surface area contributed by atoms with E-state index in [0.717, 1.165) is 6.54 Å². The normalized spacial score (nSPS) is 8.73. The minimum Gasteiger partial charge on any atom is -0.370 e. The summed E-state index contributed by atoms with van der Waals surface area (Å²) in [5, 5.41) is 11.4. The van der Waals surface area contributed by atoms with Crippen LogP contribution in [0, 0.1) is 11.3 Å². The van der Waals surface area contributed by atoms with Crippen molar-refractivity contribution < 1.29 is 0 Å². The number of aromatic nitrogens is 2. The van der Waals surface area contributed by atoms with Gasteiger partial charge in [-0.25, -0.2) is 9.97 Å². The molecule has 0 aliphatic rings. The van der Waals surface area contributed by atoms with Gasteiger partial charge in [0, 0.05) is 12.7 Å². The van der Waals surface area contributed by atoms with E-state index in [1.54, 1.807) is 12.3 Å². The maximum absolute atomic E-state index is 8.43. The van der Waals surface area contributed by atoms with Gasteiger partial charge in [-0.15, -0.1) is 0 Å². The predicted molar refractivity (Wildman–Crippen MR) is 40.9 cm³/mol. The van der Waals surface area contributed by atoms with Crippen LogP contribution in [-0.4, -0.2) is 16.5 Å². The number of rotatable bonds is 2. The molecule has 1 aromatic heterocycles. The average Bonchev–Trinajstić information content (AvgIpc) is 2.06. The molecule has 1 heterocycles. The number of anilines is 1. The molecule has 0 aliphatic heterocycles. The van der Waals surface area contributed by atoms with Gasteiger partial charge in [-0.2, -0.15) is 5.26 Å². The molecule has 0 saturated carbocycles. The Bertz CT molecular complexity index is 276. The van der Waals surface area contributed by atoms with E-state index >= 15 is 0 Å². The monoisotopic (exact) mass is 148 g/mol. The van der Waals surface area contributed by atoms with Crippen molar-refractivity contribution in [2.75, 3.05) is 11.9 Å². The van der Waals surface area contributed by atoms with Crippen molar-refractivity contribution in [3.05, 3.63) is 18.1 Å². The first kappa shape index (κ1) is 7.48. The van der Waals surface area contributed by atoms with Crippen molar-refractivity contribution in [2.24, 2.45) is 0 Å². The van der Waals surface area contributed by atoms with Crippen molar-refractivity contribution in [1.82, 2.24) is 9.97 Å². The van der Waals surface area contributed by atoms with E-state index in [0.29, 0.717) is 5.82 Å².